The summed E-state index contributed by atoms with van der Waals surface area (Å²) in [6.45, 7) is -0.315. The summed E-state index contributed by atoms with van der Waals surface area (Å²) >= 11 is 1.37. The maximum absolute atomic E-state index is 13.1. The fourth-order valence-electron chi connectivity index (χ4n) is 3.05. The van der Waals surface area contributed by atoms with Crippen molar-refractivity contribution in [3.63, 3.8) is 0 Å². The summed E-state index contributed by atoms with van der Waals surface area (Å²) in [4.78, 5) is 38.6. The van der Waals surface area contributed by atoms with Crippen LogP contribution in [0.4, 0.5) is 16.2 Å². The van der Waals surface area contributed by atoms with Crippen molar-refractivity contribution in [1.82, 2.24) is 10.8 Å². The molecule has 158 valence electrons. The third kappa shape index (κ3) is 4.84. The van der Waals surface area contributed by atoms with Crippen molar-refractivity contribution in [2.24, 2.45) is 0 Å². The summed E-state index contributed by atoms with van der Waals surface area (Å²) in [6.07, 6.45) is 0.442. The van der Waals surface area contributed by atoms with Crippen LogP contribution in [0.1, 0.15) is 5.56 Å². The van der Waals surface area contributed by atoms with Crippen LogP contribution in [0.5, 0.6) is 5.75 Å². The second-order valence-corrected chi connectivity index (χ2v) is 7.75. The molecule has 1 heterocycles. The number of rotatable bonds is 6. The number of methoxy groups -OCH3 is 1. The highest BCUT2D eigenvalue weighted by molar-refractivity contribution is 8.01. The van der Waals surface area contributed by atoms with Gasteiger partial charge in [0.05, 0.1) is 18.0 Å². The fraction of sp³-hybridized carbons (Fsp3) is 0.250. The molecule has 0 aliphatic carbocycles. The number of hydroxylamine groups is 1. The largest absolute Gasteiger partial charge is 0.497 e. The van der Waals surface area contributed by atoms with E-state index in [9.17, 15) is 14.4 Å². The Bertz CT molecular complexity index is 951. The average Bonchev–Trinajstić information content (AvgIpc) is 2.76. The van der Waals surface area contributed by atoms with E-state index in [4.69, 9.17) is 9.94 Å². The number of amides is 4. The molecule has 0 radical (unpaired) electrons. The summed E-state index contributed by atoms with van der Waals surface area (Å²) in [5, 5.41) is 13.6. The zero-order valence-corrected chi connectivity index (χ0v) is 17.3. The van der Waals surface area contributed by atoms with Crippen molar-refractivity contribution >= 4 is 41.0 Å². The number of benzene rings is 2. The highest BCUT2D eigenvalue weighted by Gasteiger charge is 2.35. The molecule has 10 heteroatoms. The van der Waals surface area contributed by atoms with Crippen LogP contribution in [0.2, 0.25) is 0 Å². The topological polar surface area (TPSA) is 120 Å². The number of ether oxygens (including phenoxy) is 1. The molecule has 1 aliphatic heterocycles. The van der Waals surface area contributed by atoms with Gasteiger partial charge in [-0.3, -0.25) is 14.8 Å². The van der Waals surface area contributed by atoms with E-state index in [2.05, 4.69) is 10.6 Å². The molecule has 3 rings (SSSR count). The zero-order chi connectivity index (χ0) is 21.7. The van der Waals surface area contributed by atoms with Crippen molar-refractivity contribution in [3.8, 4) is 5.75 Å². The Kier molecular flexibility index (Phi) is 6.80. The Morgan fingerprint density at radius 1 is 1.20 bits per heavy atom. The summed E-state index contributed by atoms with van der Waals surface area (Å²) < 4.78 is 5.17. The number of carbonyl (C=O) groups is 3. The van der Waals surface area contributed by atoms with Crippen LogP contribution in [0.15, 0.2) is 47.4 Å². The van der Waals surface area contributed by atoms with E-state index in [1.54, 1.807) is 30.8 Å². The predicted octanol–water partition coefficient (Wildman–Crippen LogP) is 2.00. The molecular weight excluding hydrogens is 408 g/mol. The third-order valence-electron chi connectivity index (χ3n) is 4.55. The molecule has 1 unspecified atom stereocenters. The summed E-state index contributed by atoms with van der Waals surface area (Å²) in [7, 11) is 3.10. The lowest BCUT2D eigenvalue weighted by Crippen LogP contribution is -2.46. The molecular formula is C20H22N4O5S. The van der Waals surface area contributed by atoms with Gasteiger partial charge in [-0.05, 0) is 42.3 Å². The number of fused-ring (bicyclic) bond motifs is 1. The van der Waals surface area contributed by atoms with E-state index in [0.29, 0.717) is 17.8 Å². The van der Waals surface area contributed by atoms with Crippen LogP contribution in [0.3, 0.4) is 0 Å². The van der Waals surface area contributed by atoms with Crippen molar-refractivity contribution in [3.05, 3.63) is 48.0 Å². The number of hydrogen-bond acceptors (Lipinski definition) is 6. The Morgan fingerprint density at radius 3 is 2.57 bits per heavy atom. The van der Waals surface area contributed by atoms with E-state index in [1.165, 1.54) is 23.7 Å². The van der Waals surface area contributed by atoms with E-state index in [0.717, 1.165) is 16.2 Å². The zero-order valence-electron chi connectivity index (χ0n) is 16.5. The fourth-order valence-corrected chi connectivity index (χ4v) is 4.35. The van der Waals surface area contributed by atoms with Gasteiger partial charge in [-0.1, -0.05) is 12.1 Å². The highest BCUT2D eigenvalue weighted by Crippen LogP contribution is 2.41. The predicted molar refractivity (Wildman–Crippen MR) is 113 cm³/mol. The molecule has 4 N–H and O–H groups in total. The maximum atomic E-state index is 13.1. The van der Waals surface area contributed by atoms with Crippen LogP contribution in [-0.4, -0.2) is 49.0 Å². The number of carbonyl (C=O) groups excluding carboxylic acids is 3. The SMILES string of the molecule is CNC(=O)Nc1ccc2c(c1)SC(Cc1ccc(OC)cc1)C(=O)N2CC(=O)NO. The van der Waals surface area contributed by atoms with Crippen LogP contribution in [-0.2, 0) is 16.0 Å². The van der Waals surface area contributed by atoms with Gasteiger partial charge in [0.2, 0.25) is 5.91 Å². The molecule has 30 heavy (non-hydrogen) atoms. The lowest BCUT2D eigenvalue weighted by Gasteiger charge is -2.33. The van der Waals surface area contributed by atoms with E-state index in [1.807, 2.05) is 24.3 Å². The molecule has 0 aromatic heterocycles. The smallest absolute Gasteiger partial charge is 0.318 e. The van der Waals surface area contributed by atoms with Crippen molar-refractivity contribution in [2.45, 2.75) is 16.6 Å². The monoisotopic (exact) mass is 430 g/mol. The lowest BCUT2D eigenvalue weighted by atomic mass is 10.1. The molecule has 0 saturated carbocycles. The Labute approximate surface area is 177 Å². The molecule has 4 amide bonds. The Morgan fingerprint density at radius 2 is 1.93 bits per heavy atom. The quantitative estimate of drug-likeness (QED) is 0.411. The van der Waals surface area contributed by atoms with Crippen molar-refractivity contribution < 1.29 is 24.3 Å². The number of hydrogen-bond donors (Lipinski definition) is 4. The first-order chi connectivity index (χ1) is 14.4. The molecule has 2 aromatic carbocycles. The average molecular weight is 430 g/mol. The number of thioether (sulfide) groups is 1. The number of anilines is 2. The van der Waals surface area contributed by atoms with Gasteiger partial charge in [0.1, 0.15) is 12.3 Å². The molecule has 9 nitrogen and oxygen atoms in total. The standard InChI is InChI=1S/C20H22N4O5S/c1-21-20(27)22-13-5-8-15-16(10-13)30-17(19(26)24(15)11-18(25)23-28)9-12-3-6-14(29-2)7-4-12/h3-8,10,17,28H,9,11H2,1-2H3,(H,23,25)(H2,21,22,27). The Balaban J connectivity index is 1.90. The minimum Gasteiger partial charge on any atom is -0.497 e. The van der Waals surface area contributed by atoms with Crippen molar-refractivity contribution in [2.75, 3.05) is 30.9 Å². The van der Waals surface area contributed by atoms with E-state index in [-0.39, 0.29) is 18.5 Å². The second kappa shape index (κ2) is 9.51. The third-order valence-corrected chi connectivity index (χ3v) is 5.79. The first-order valence-corrected chi connectivity index (χ1v) is 9.99. The molecule has 0 saturated heterocycles. The summed E-state index contributed by atoms with van der Waals surface area (Å²) in [5.41, 5.74) is 3.61. The van der Waals surface area contributed by atoms with Gasteiger partial charge in [0, 0.05) is 17.6 Å². The maximum Gasteiger partial charge on any atom is 0.318 e. The van der Waals surface area contributed by atoms with Gasteiger partial charge in [0.15, 0.2) is 0 Å². The molecule has 1 aliphatic rings. The summed E-state index contributed by atoms with van der Waals surface area (Å²) in [6, 6.07) is 12.1. The van der Waals surface area contributed by atoms with Gasteiger partial charge in [-0.25, -0.2) is 10.3 Å². The minimum absolute atomic E-state index is 0.237. The van der Waals surface area contributed by atoms with Gasteiger partial charge in [0.25, 0.3) is 5.91 Å². The Hall–Kier alpha value is -3.24. The van der Waals surface area contributed by atoms with Gasteiger partial charge < -0.3 is 20.3 Å². The molecule has 0 fully saturated rings. The van der Waals surface area contributed by atoms with E-state index < -0.39 is 11.2 Å². The first-order valence-electron chi connectivity index (χ1n) is 9.12. The van der Waals surface area contributed by atoms with E-state index >= 15 is 0 Å². The number of nitrogens with one attached hydrogen (secondary N) is 3. The van der Waals surface area contributed by atoms with Crippen LogP contribution in [0, 0.1) is 0 Å². The van der Waals surface area contributed by atoms with Crippen LogP contribution < -0.4 is 25.8 Å². The molecule has 0 spiro atoms. The van der Waals surface area contributed by atoms with Crippen LogP contribution in [0.25, 0.3) is 0 Å². The van der Waals surface area contributed by atoms with Gasteiger partial charge in [-0.15, -0.1) is 11.8 Å². The van der Waals surface area contributed by atoms with Gasteiger partial charge in [-0.2, -0.15) is 0 Å². The van der Waals surface area contributed by atoms with Gasteiger partial charge >= 0.3 is 6.03 Å². The minimum atomic E-state index is -0.697. The number of nitrogens with zero attached hydrogens (tertiary/aromatic N) is 1. The lowest BCUT2D eigenvalue weighted by molar-refractivity contribution is -0.129. The number of urea groups is 1. The molecule has 0 bridgehead atoms. The highest BCUT2D eigenvalue weighted by atomic mass is 32.2. The summed E-state index contributed by atoms with van der Waals surface area (Å²) in [5.74, 6) is -0.214. The molecule has 2 aromatic rings. The second-order valence-electron chi connectivity index (χ2n) is 6.50. The molecule has 1 atom stereocenters. The normalized spacial score (nSPS) is 15.2. The first kappa shape index (κ1) is 21.5. The van der Waals surface area contributed by atoms with Crippen molar-refractivity contribution in [1.29, 1.82) is 0 Å². The van der Waals surface area contributed by atoms with Crippen LogP contribution >= 0.6 is 11.8 Å².